The molecule has 18 heavy (non-hydrogen) atoms. The van der Waals surface area contributed by atoms with Crippen molar-refractivity contribution in [3.05, 3.63) is 42.1 Å². The van der Waals surface area contributed by atoms with Crippen LogP contribution in [0.5, 0.6) is 0 Å². The van der Waals surface area contributed by atoms with Gasteiger partial charge in [0.05, 0.1) is 5.52 Å². The fraction of sp³-hybridized carbons (Fsp3) is 0.438. The summed E-state index contributed by atoms with van der Waals surface area (Å²) in [5.74, 6) is 0.630. The molecule has 1 aromatic heterocycles. The maximum atomic E-state index is 4.44. The van der Waals surface area contributed by atoms with Crippen molar-refractivity contribution in [2.75, 3.05) is 7.05 Å². The van der Waals surface area contributed by atoms with Crippen molar-refractivity contribution in [3.8, 4) is 0 Å². The molecule has 2 atom stereocenters. The van der Waals surface area contributed by atoms with E-state index < -0.39 is 0 Å². The van der Waals surface area contributed by atoms with Crippen molar-refractivity contribution in [3.63, 3.8) is 0 Å². The number of para-hydroxylation sites is 1. The number of hydrogen-bond acceptors (Lipinski definition) is 2. The first-order chi connectivity index (χ1) is 8.77. The average molecular weight is 242 g/mol. The Bertz CT molecular complexity index is 502. The molecule has 2 unspecified atom stereocenters. The summed E-state index contributed by atoms with van der Waals surface area (Å²) >= 11 is 0. The van der Waals surface area contributed by atoms with Gasteiger partial charge in [0.15, 0.2) is 0 Å². The van der Waals surface area contributed by atoms with E-state index in [0.717, 1.165) is 5.52 Å². The zero-order valence-electron chi connectivity index (χ0n) is 11.5. The molecular weight excluding hydrogens is 220 g/mol. The van der Waals surface area contributed by atoms with Gasteiger partial charge in [-0.25, -0.2) is 0 Å². The summed E-state index contributed by atoms with van der Waals surface area (Å²) in [6, 6.07) is 10.9. The predicted molar refractivity (Wildman–Crippen MR) is 77.6 cm³/mol. The van der Waals surface area contributed by atoms with Gasteiger partial charge in [0.25, 0.3) is 0 Å². The van der Waals surface area contributed by atoms with E-state index in [9.17, 15) is 0 Å². The van der Waals surface area contributed by atoms with Crippen LogP contribution in [-0.2, 0) is 0 Å². The van der Waals surface area contributed by atoms with Crippen LogP contribution in [0.3, 0.4) is 0 Å². The lowest BCUT2D eigenvalue weighted by Crippen LogP contribution is -2.23. The lowest BCUT2D eigenvalue weighted by atomic mass is 9.89. The molecule has 0 fully saturated rings. The van der Waals surface area contributed by atoms with Gasteiger partial charge < -0.3 is 5.32 Å². The minimum atomic E-state index is 0.401. The van der Waals surface area contributed by atoms with E-state index in [1.165, 1.54) is 23.8 Å². The highest BCUT2D eigenvalue weighted by molar-refractivity contribution is 5.82. The van der Waals surface area contributed by atoms with Crippen LogP contribution >= 0.6 is 0 Å². The first-order valence-corrected chi connectivity index (χ1v) is 6.78. The molecule has 0 spiro atoms. The molecule has 0 aliphatic heterocycles. The van der Waals surface area contributed by atoms with Gasteiger partial charge in [-0.3, -0.25) is 4.98 Å². The molecule has 0 saturated carbocycles. The standard InChI is InChI=1S/C16H22N2/c1-4-7-12(2)16(17-3)14-10-11-18-15-9-6-5-8-13(14)15/h5-6,8-12,16-17H,4,7H2,1-3H3. The smallest absolute Gasteiger partial charge is 0.0705 e. The van der Waals surface area contributed by atoms with Gasteiger partial charge in [-0.1, -0.05) is 38.5 Å². The Morgan fingerprint density at radius 2 is 2.00 bits per heavy atom. The quantitative estimate of drug-likeness (QED) is 0.859. The van der Waals surface area contributed by atoms with Crippen molar-refractivity contribution in [2.24, 2.45) is 5.92 Å². The molecule has 0 radical (unpaired) electrons. The predicted octanol–water partition coefficient (Wildman–Crippen LogP) is 3.93. The van der Waals surface area contributed by atoms with Gasteiger partial charge in [0.1, 0.15) is 0 Å². The molecule has 0 saturated heterocycles. The van der Waals surface area contributed by atoms with E-state index in [-0.39, 0.29) is 0 Å². The van der Waals surface area contributed by atoms with Crippen LogP contribution in [-0.4, -0.2) is 12.0 Å². The highest BCUT2D eigenvalue weighted by Crippen LogP contribution is 2.29. The minimum Gasteiger partial charge on any atom is -0.313 e. The monoisotopic (exact) mass is 242 g/mol. The van der Waals surface area contributed by atoms with Crippen LogP contribution in [0.15, 0.2) is 36.5 Å². The SMILES string of the molecule is CCCC(C)C(NC)c1ccnc2ccccc12. The van der Waals surface area contributed by atoms with Gasteiger partial charge in [0, 0.05) is 17.6 Å². The second-order valence-corrected chi connectivity index (χ2v) is 4.95. The number of pyridine rings is 1. The lowest BCUT2D eigenvalue weighted by Gasteiger charge is -2.24. The second-order valence-electron chi connectivity index (χ2n) is 4.95. The molecule has 2 aromatic rings. The molecule has 1 aromatic carbocycles. The molecule has 0 amide bonds. The van der Waals surface area contributed by atoms with Crippen molar-refractivity contribution < 1.29 is 0 Å². The topological polar surface area (TPSA) is 24.9 Å². The normalized spacial score (nSPS) is 14.6. The van der Waals surface area contributed by atoms with E-state index in [4.69, 9.17) is 0 Å². The van der Waals surface area contributed by atoms with Gasteiger partial charge >= 0.3 is 0 Å². The third-order valence-corrected chi connectivity index (χ3v) is 3.64. The van der Waals surface area contributed by atoms with Crippen LogP contribution in [0.2, 0.25) is 0 Å². The van der Waals surface area contributed by atoms with E-state index in [1.54, 1.807) is 0 Å². The summed E-state index contributed by atoms with van der Waals surface area (Å²) in [7, 11) is 2.05. The Morgan fingerprint density at radius 3 is 2.72 bits per heavy atom. The number of hydrogen-bond donors (Lipinski definition) is 1. The van der Waals surface area contributed by atoms with Crippen molar-refractivity contribution >= 4 is 10.9 Å². The maximum Gasteiger partial charge on any atom is 0.0705 e. The van der Waals surface area contributed by atoms with Crippen molar-refractivity contribution in [2.45, 2.75) is 32.7 Å². The number of nitrogens with one attached hydrogen (secondary N) is 1. The van der Waals surface area contributed by atoms with Gasteiger partial charge in [0.2, 0.25) is 0 Å². The Hall–Kier alpha value is -1.41. The molecule has 0 aliphatic rings. The van der Waals surface area contributed by atoms with Gasteiger partial charge in [-0.05, 0) is 37.1 Å². The van der Waals surface area contributed by atoms with E-state index in [0.29, 0.717) is 12.0 Å². The minimum absolute atomic E-state index is 0.401. The Balaban J connectivity index is 2.44. The Morgan fingerprint density at radius 1 is 1.22 bits per heavy atom. The number of fused-ring (bicyclic) bond motifs is 1. The first-order valence-electron chi connectivity index (χ1n) is 6.78. The van der Waals surface area contributed by atoms with Crippen molar-refractivity contribution in [1.29, 1.82) is 0 Å². The Kier molecular flexibility index (Phi) is 4.32. The zero-order chi connectivity index (χ0) is 13.0. The van der Waals surface area contributed by atoms with E-state index >= 15 is 0 Å². The molecule has 96 valence electrons. The largest absolute Gasteiger partial charge is 0.313 e. The maximum absolute atomic E-state index is 4.44. The summed E-state index contributed by atoms with van der Waals surface area (Å²) in [6.07, 6.45) is 4.38. The number of benzene rings is 1. The molecule has 2 rings (SSSR count). The Labute approximate surface area is 109 Å². The van der Waals surface area contributed by atoms with Crippen LogP contribution < -0.4 is 5.32 Å². The fourth-order valence-corrected chi connectivity index (χ4v) is 2.76. The highest BCUT2D eigenvalue weighted by atomic mass is 14.9. The molecule has 2 heteroatoms. The molecular formula is C16H22N2. The second kappa shape index (κ2) is 5.96. The summed E-state index contributed by atoms with van der Waals surface area (Å²) < 4.78 is 0. The molecule has 1 N–H and O–H groups in total. The highest BCUT2D eigenvalue weighted by Gasteiger charge is 2.18. The summed E-state index contributed by atoms with van der Waals surface area (Å²) in [4.78, 5) is 4.44. The number of nitrogens with zero attached hydrogens (tertiary/aromatic N) is 1. The summed E-state index contributed by atoms with van der Waals surface area (Å²) in [6.45, 7) is 4.56. The van der Waals surface area contributed by atoms with Gasteiger partial charge in [-0.15, -0.1) is 0 Å². The number of rotatable bonds is 5. The molecule has 0 bridgehead atoms. The van der Waals surface area contributed by atoms with Crippen LogP contribution in [0.25, 0.3) is 10.9 Å². The van der Waals surface area contributed by atoms with Gasteiger partial charge in [-0.2, -0.15) is 0 Å². The molecule has 1 heterocycles. The van der Waals surface area contributed by atoms with Crippen LogP contribution in [0.4, 0.5) is 0 Å². The molecule has 2 nitrogen and oxygen atoms in total. The zero-order valence-corrected chi connectivity index (χ0v) is 11.5. The molecule has 0 aliphatic carbocycles. The van der Waals surface area contributed by atoms with Crippen LogP contribution in [0, 0.1) is 5.92 Å². The summed E-state index contributed by atoms with van der Waals surface area (Å²) in [5.41, 5.74) is 2.45. The van der Waals surface area contributed by atoms with E-state index in [2.05, 4.69) is 48.4 Å². The lowest BCUT2D eigenvalue weighted by molar-refractivity contribution is 0.386. The first kappa shape index (κ1) is 13.0. The van der Waals surface area contributed by atoms with E-state index in [1.807, 2.05) is 19.3 Å². The summed E-state index contributed by atoms with van der Waals surface area (Å²) in [5, 5.41) is 4.73. The average Bonchev–Trinajstić information content (AvgIpc) is 2.40. The fourth-order valence-electron chi connectivity index (χ4n) is 2.76. The number of aromatic nitrogens is 1. The third kappa shape index (κ3) is 2.54. The third-order valence-electron chi connectivity index (χ3n) is 3.64. The van der Waals surface area contributed by atoms with Crippen LogP contribution in [0.1, 0.15) is 38.3 Å². The van der Waals surface area contributed by atoms with Crippen molar-refractivity contribution in [1.82, 2.24) is 10.3 Å².